The lowest BCUT2D eigenvalue weighted by Crippen LogP contribution is -2.61. The van der Waals surface area contributed by atoms with E-state index in [0.717, 1.165) is 0 Å². The van der Waals surface area contributed by atoms with Gasteiger partial charge in [0.05, 0.1) is 12.1 Å². The SMILES string of the molecule is CC(C)C(NC(=O)C(Cc1ccc(O)cc1)NC(=O)C(NC(=O)C1CCCN1C(=O)C(N)CCCN=C(N)N)C(C)O)C(=O)N1CCCC1C(=O)O. The van der Waals surface area contributed by atoms with Gasteiger partial charge in [-0.1, -0.05) is 26.0 Å². The molecule has 5 amide bonds. The van der Waals surface area contributed by atoms with Gasteiger partial charge in [0.1, 0.15) is 36.0 Å². The highest BCUT2D eigenvalue weighted by molar-refractivity contribution is 5.97. The molecule has 0 aromatic heterocycles. The molecule has 3 rings (SSSR count). The third-order valence-electron chi connectivity index (χ3n) is 9.25. The minimum absolute atomic E-state index is 0.0268. The number of hydrogen-bond donors (Lipinski definition) is 9. The van der Waals surface area contributed by atoms with Crippen molar-refractivity contribution >= 4 is 41.5 Å². The first kappa shape index (κ1) is 41.5. The summed E-state index contributed by atoms with van der Waals surface area (Å²) in [7, 11) is 0. The smallest absolute Gasteiger partial charge is 0.326 e. The molecule has 7 unspecified atom stereocenters. The van der Waals surface area contributed by atoms with Crippen LogP contribution < -0.4 is 33.2 Å². The van der Waals surface area contributed by atoms with E-state index in [1.54, 1.807) is 26.0 Å². The molecule has 18 nitrogen and oxygen atoms in total. The molecule has 0 radical (unpaired) electrons. The van der Waals surface area contributed by atoms with Gasteiger partial charge < -0.3 is 58.3 Å². The molecule has 0 saturated carbocycles. The number of phenolic OH excluding ortho intramolecular Hbond substituents is 1. The van der Waals surface area contributed by atoms with E-state index in [4.69, 9.17) is 17.2 Å². The second kappa shape index (κ2) is 19.0. The predicted octanol–water partition coefficient (Wildman–Crippen LogP) is -2.13. The summed E-state index contributed by atoms with van der Waals surface area (Å²) in [5, 5.41) is 37.8. The van der Waals surface area contributed by atoms with Crippen molar-refractivity contribution in [3.8, 4) is 5.75 Å². The summed E-state index contributed by atoms with van der Waals surface area (Å²) in [6, 6.07) is -1.02. The van der Waals surface area contributed by atoms with E-state index in [0.29, 0.717) is 31.2 Å². The largest absolute Gasteiger partial charge is 0.508 e. The molecule has 0 spiro atoms. The monoisotopic (exact) mass is 731 g/mol. The van der Waals surface area contributed by atoms with E-state index < -0.39 is 83.8 Å². The van der Waals surface area contributed by atoms with Gasteiger partial charge in [-0.3, -0.25) is 29.0 Å². The van der Waals surface area contributed by atoms with Crippen molar-refractivity contribution in [3.63, 3.8) is 0 Å². The summed E-state index contributed by atoms with van der Waals surface area (Å²) in [4.78, 5) is 86.0. The molecule has 52 heavy (non-hydrogen) atoms. The summed E-state index contributed by atoms with van der Waals surface area (Å²) >= 11 is 0. The Morgan fingerprint density at radius 1 is 0.865 bits per heavy atom. The molecular formula is C34H53N9O9. The average Bonchev–Trinajstić information content (AvgIpc) is 3.78. The Hall–Kier alpha value is -4.97. The molecule has 12 N–H and O–H groups in total. The molecule has 1 aromatic carbocycles. The molecule has 0 bridgehead atoms. The fourth-order valence-corrected chi connectivity index (χ4v) is 6.39. The quantitative estimate of drug-likeness (QED) is 0.0472. The highest BCUT2D eigenvalue weighted by Gasteiger charge is 2.41. The number of aliphatic imine (C=N–C) groups is 1. The van der Waals surface area contributed by atoms with Gasteiger partial charge in [0, 0.05) is 26.1 Å². The van der Waals surface area contributed by atoms with Gasteiger partial charge in [0.25, 0.3) is 0 Å². The van der Waals surface area contributed by atoms with E-state index in [2.05, 4.69) is 20.9 Å². The van der Waals surface area contributed by atoms with Gasteiger partial charge in [0.15, 0.2) is 5.96 Å². The van der Waals surface area contributed by atoms with Crippen molar-refractivity contribution in [1.29, 1.82) is 0 Å². The molecule has 288 valence electrons. The third-order valence-corrected chi connectivity index (χ3v) is 9.25. The van der Waals surface area contributed by atoms with Gasteiger partial charge in [-0.2, -0.15) is 0 Å². The summed E-state index contributed by atoms with van der Waals surface area (Å²) in [6.07, 6.45) is 0.744. The zero-order chi connectivity index (χ0) is 38.7. The van der Waals surface area contributed by atoms with Gasteiger partial charge in [-0.25, -0.2) is 4.79 Å². The molecule has 18 heteroatoms. The summed E-state index contributed by atoms with van der Waals surface area (Å²) in [5.74, 6) is -5.10. The van der Waals surface area contributed by atoms with E-state index in [1.165, 1.54) is 28.9 Å². The first-order valence-corrected chi connectivity index (χ1v) is 17.5. The number of nitrogens with one attached hydrogen (secondary N) is 3. The van der Waals surface area contributed by atoms with Crippen LogP contribution in [0.3, 0.4) is 0 Å². The number of amides is 5. The highest BCUT2D eigenvalue weighted by Crippen LogP contribution is 2.22. The van der Waals surface area contributed by atoms with Crippen molar-refractivity contribution < 1.29 is 44.1 Å². The van der Waals surface area contributed by atoms with E-state index in [-0.39, 0.29) is 50.6 Å². The van der Waals surface area contributed by atoms with Crippen LogP contribution in [0.25, 0.3) is 0 Å². The number of aliphatic hydroxyl groups is 1. The third kappa shape index (κ3) is 11.3. The van der Waals surface area contributed by atoms with Crippen LogP contribution >= 0.6 is 0 Å². The fraction of sp³-hybridized carbons (Fsp3) is 0.618. The molecule has 2 heterocycles. The second-order valence-corrected chi connectivity index (χ2v) is 13.7. The Morgan fingerprint density at radius 3 is 2.02 bits per heavy atom. The summed E-state index contributed by atoms with van der Waals surface area (Å²) in [5.41, 5.74) is 17.3. The number of rotatable bonds is 17. The van der Waals surface area contributed by atoms with Crippen molar-refractivity contribution in [1.82, 2.24) is 25.8 Å². The minimum Gasteiger partial charge on any atom is -0.508 e. The Bertz CT molecular complexity index is 1470. The maximum atomic E-state index is 13.8. The lowest BCUT2D eigenvalue weighted by molar-refractivity contribution is -0.150. The zero-order valence-corrected chi connectivity index (χ0v) is 29.9. The summed E-state index contributed by atoms with van der Waals surface area (Å²) < 4.78 is 0. The average molecular weight is 732 g/mol. The number of nitrogens with two attached hydrogens (primary N) is 3. The molecule has 1 aromatic rings. The number of benzene rings is 1. The Kier molecular flexibility index (Phi) is 15.2. The Labute approximate surface area is 302 Å². The topological polar surface area (TPSA) is 296 Å². The normalized spacial score (nSPS) is 20.0. The van der Waals surface area contributed by atoms with Crippen molar-refractivity contribution in [3.05, 3.63) is 29.8 Å². The number of aromatic hydroxyl groups is 1. The van der Waals surface area contributed by atoms with E-state index in [1.807, 2.05) is 0 Å². The van der Waals surface area contributed by atoms with Crippen molar-refractivity contribution in [2.24, 2.45) is 28.1 Å². The molecule has 0 aliphatic carbocycles. The maximum Gasteiger partial charge on any atom is 0.326 e. The number of guanidine groups is 1. The first-order valence-electron chi connectivity index (χ1n) is 17.5. The number of carboxylic acids is 1. The van der Waals surface area contributed by atoms with Crippen LogP contribution in [0.5, 0.6) is 5.75 Å². The number of aliphatic carboxylic acids is 1. The van der Waals surface area contributed by atoms with E-state index in [9.17, 15) is 44.1 Å². The van der Waals surface area contributed by atoms with Crippen molar-refractivity contribution in [2.75, 3.05) is 19.6 Å². The Balaban J connectivity index is 1.77. The highest BCUT2D eigenvalue weighted by atomic mass is 16.4. The van der Waals surface area contributed by atoms with Crippen LogP contribution in [-0.4, -0.2) is 129 Å². The number of phenols is 1. The number of carbonyl (C=O) groups is 6. The first-order chi connectivity index (χ1) is 24.5. The van der Waals surface area contributed by atoms with Gasteiger partial charge in [-0.05, 0) is 69.1 Å². The van der Waals surface area contributed by atoms with Crippen LogP contribution in [0.2, 0.25) is 0 Å². The maximum absolute atomic E-state index is 13.8. The molecule has 2 saturated heterocycles. The van der Waals surface area contributed by atoms with E-state index >= 15 is 0 Å². The van der Waals surface area contributed by atoms with Crippen LogP contribution in [0.1, 0.15) is 64.9 Å². The van der Waals surface area contributed by atoms with Crippen LogP contribution in [0, 0.1) is 5.92 Å². The summed E-state index contributed by atoms with van der Waals surface area (Å²) in [6.45, 7) is 5.43. The number of carboxylic acid groups (broad SMARTS) is 1. The lowest BCUT2D eigenvalue weighted by atomic mass is 9.99. The molecular weight excluding hydrogens is 678 g/mol. The molecule has 2 fully saturated rings. The molecule has 7 atom stereocenters. The number of carbonyl (C=O) groups excluding carboxylic acids is 5. The molecule has 2 aliphatic heterocycles. The van der Waals surface area contributed by atoms with Crippen LogP contribution in [0.4, 0.5) is 0 Å². The second-order valence-electron chi connectivity index (χ2n) is 13.7. The lowest BCUT2D eigenvalue weighted by Gasteiger charge is -2.31. The minimum atomic E-state index is -1.54. The Morgan fingerprint density at radius 2 is 1.46 bits per heavy atom. The van der Waals surface area contributed by atoms with Gasteiger partial charge in [-0.15, -0.1) is 0 Å². The standard InChI is InChI=1S/C34H53N9O9/c1-18(2)26(32(50)43-16-6-9-25(43)33(51)52)40-28(46)23(17-20-10-12-21(45)13-11-20)39-30(48)27(19(3)44)41-29(47)24-8-5-15-42(24)31(49)22(35)7-4-14-38-34(36)37/h10-13,18-19,22-27,44-45H,4-9,14-17,35H2,1-3H3,(H,39,48)(H,40,46)(H,41,47)(H,51,52)(H4,36,37,38). The molecule has 2 aliphatic rings. The number of aliphatic hydroxyl groups excluding tert-OH is 1. The predicted molar refractivity (Wildman–Crippen MR) is 189 cm³/mol. The zero-order valence-electron chi connectivity index (χ0n) is 29.9. The van der Waals surface area contributed by atoms with Gasteiger partial charge in [0.2, 0.25) is 29.5 Å². The van der Waals surface area contributed by atoms with Crippen LogP contribution in [-0.2, 0) is 35.2 Å². The number of nitrogens with zero attached hydrogens (tertiary/aromatic N) is 3. The van der Waals surface area contributed by atoms with Crippen LogP contribution in [0.15, 0.2) is 29.3 Å². The van der Waals surface area contributed by atoms with Gasteiger partial charge >= 0.3 is 5.97 Å². The number of likely N-dealkylation sites (tertiary alicyclic amines) is 2. The number of hydrogen-bond acceptors (Lipinski definition) is 10. The fourth-order valence-electron chi connectivity index (χ4n) is 6.39. The van der Waals surface area contributed by atoms with Crippen molar-refractivity contribution in [2.45, 2.75) is 108 Å².